The molecule has 2 aromatic rings. The molecule has 2 aromatic carbocycles. The molecule has 0 bridgehead atoms. The van der Waals surface area contributed by atoms with Gasteiger partial charge in [-0.2, -0.15) is 5.10 Å². The number of hydrogen-bond acceptors (Lipinski definition) is 5. The average Bonchev–Trinajstić information content (AvgIpc) is 2.64. The molecule has 150 valence electrons. The Morgan fingerprint density at radius 1 is 1.21 bits per heavy atom. The predicted molar refractivity (Wildman–Crippen MR) is 117 cm³/mol. The largest absolute Gasteiger partial charge is 0.496 e. The van der Waals surface area contributed by atoms with Crippen molar-refractivity contribution in [3.05, 3.63) is 50.4 Å². The first kappa shape index (κ1) is 22.2. The third-order valence-corrected chi connectivity index (χ3v) is 4.55. The van der Waals surface area contributed by atoms with Crippen LogP contribution in [0.15, 0.2) is 44.4 Å². The topological polar surface area (TPSA) is 69.2 Å². The Bertz CT molecular complexity index is 870. The van der Waals surface area contributed by atoms with Gasteiger partial charge >= 0.3 is 0 Å². The second-order valence-corrected chi connectivity index (χ2v) is 7.74. The summed E-state index contributed by atoms with van der Waals surface area (Å²) < 4.78 is 18.2. The van der Waals surface area contributed by atoms with Crippen molar-refractivity contribution in [3.63, 3.8) is 0 Å². The molecule has 0 spiro atoms. The number of methoxy groups -OCH3 is 1. The minimum absolute atomic E-state index is 0.00879. The molecule has 0 saturated carbocycles. The van der Waals surface area contributed by atoms with Gasteiger partial charge in [-0.3, -0.25) is 4.79 Å². The molecule has 28 heavy (non-hydrogen) atoms. The molecule has 0 atom stereocenters. The number of hydrogen-bond donors (Lipinski definition) is 1. The fraction of sp³-hybridized carbons (Fsp3) is 0.300. The maximum atomic E-state index is 12.4. The van der Waals surface area contributed by atoms with E-state index in [4.69, 9.17) is 14.2 Å². The van der Waals surface area contributed by atoms with Gasteiger partial charge in [0.25, 0.3) is 5.91 Å². The SMILES string of the molecule is CCOc1cc(/C=N\NC(=O)c2cc(Br)ccc2OC)cc(Br)c1OC(C)C. The van der Waals surface area contributed by atoms with Gasteiger partial charge in [-0.15, -0.1) is 0 Å². The number of benzene rings is 2. The molecule has 8 heteroatoms. The molecule has 0 heterocycles. The Balaban J connectivity index is 2.20. The molecule has 6 nitrogen and oxygen atoms in total. The van der Waals surface area contributed by atoms with Crippen LogP contribution >= 0.6 is 31.9 Å². The van der Waals surface area contributed by atoms with Crippen molar-refractivity contribution in [1.29, 1.82) is 0 Å². The predicted octanol–water partition coefficient (Wildman–Crippen LogP) is 5.17. The van der Waals surface area contributed by atoms with E-state index in [1.54, 1.807) is 24.3 Å². The van der Waals surface area contributed by atoms with Crippen LogP contribution in [0.4, 0.5) is 0 Å². The van der Waals surface area contributed by atoms with E-state index in [2.05, 4.69) is 42.4 Å². The summed E-state index contributed by atoms with van der Waals surface area (Å²) in [5.41, 5.74) is 3.63. The van der Waals surface area contributed by atoms with Crippen LogP contribution in [-0.4, -0.2) is 31.9 Å². The summed E-state index contributed by atoms with van der Waals surface area (Å²) in [6.07, 6.45) is 1.55. The van der Waals surface area contributed by atoms with E-state index in [1.807, 2.05) is 26.8 Å². The van der Waals surface area contributed by atoms with Gasteiger partial charge in [0.05, 0.1) is 36.1 Å². The highest BCUT2D eigenvalue weighted by molar-refractivity contribution is 9.10. The molecule has 0 unspecified atom stereocenters. The van der Waals surface area contributed by atoms with Crippen LogP contribution in [0, 0.1) is 0 Å². The van der Waals surface area contributed by atoms with Crippen LogP contribution in [0.1, 0.15) is 36.7 Å². The summed E-state index contributed by atoms with van der Waals surface area (Å²) in [4.78, 5) is 12.4. The standard InChI is InChI=1S/C20H22Br2N2O4/c1-5-27-18-9-13(8-16(22)19(18)28-12(2)3)11-23-24-20(25)15-10-14(21)6-7-17(15)26-4/h6-12H,5H2,1-4H3,(H,24,25)/b23-11-. The quantitative estimate of drug-likeness (QED) is 0.390. The second-order valence-electron chi connectivity index (χ2n) is 5.97. The summed E-state index contributed by atoms with van der Waals surface area (Å²) in [5, 5.41) is 4.04. The number of carbonyl (C=O) groups excluding carboxylic acids is 1. The third-order valence-electron chi connectivity index (χ3n) is 3.47. The van der Waals surface area contributed by atoms with Gasteiger partial charge in [0, 0.05) is 4.47 Å². The van der Waals surface area contributed by atoms with Gasteiger partial charge in [-0.05, 0) is 72.6 Å². The molecule has 0 aliphatic heterocycles. The molecule has 0 aromatic heterocycles. The highest BCUT2D eigenvalue weighted by Crippen LogP contribution is 2.37. The van der Waals surface area contributed by atoms with Crippen molar-refractivity contribution in [1.82, 2.24) is 5.43 Å². The summed E-state index contributed by atoms with van der Waals surface area (Å²) in [6.45, 7) is 6.30. The lowest BCUT2D eigenvalue weighted by atomic mass is 10.2. The second kappa shape index (κ2) is 10.5. The van der Waals surface area contributed by atoms with Crippen molar-refractivity contribution in [2.45, 2.75) is 26.9 Å². The lowest BCUT2D eigenvalue weighted by Gasteiger charge is -2.16. The van der Waals surface area contributed by atoms with Crippen molar-refractivity contribution < 1.29 is 19.0 Å². The number of amides is 1. The Labute approximate surface area is 181 Å². The van der Waals surface area contributed by atoms with Crippen molar-refractivity contribution in [3.8, 4) is 17.2 Å². The molecule has 0 fully saturated rings. The zero-order chi connectivity index (χ0) is 20.7. The van der Waals surface area contributed by atoms with E-state index in [-0.39, 0.29) is 12.0 Å². The monoisotopic (exact) mass is 512 g/mol. The van der Waals surface area contributed by atoms with Gasteiger partial charge in [-0.1, -0.05) is 15.9 Å². The van der Waals surface area contributed by atoms with Crippen molar-refractivity contribution in [2.75, 3.05) is 13.7 Å². The Kier molecular flexibility index (Phi) is 8.32. The Morgan fingerprint density at radius 2 is 1.96 bits per heavy atom. The smallest absolute Gasteiger partial charge is 0.275 e. The Morgan fingerprint density at radius 3 is 2.61 bits per heavy atom. The van der Waals surface area contributed by atoms with E-state index in [0.29, 0.717) is 29.4 Å². The van der Waals surface area contributed by atoms with E-state index in [0.717, 1.165) is 14.5 Å². The number of halogens is 2. The minimum Gasteiger partial charge on any atom is -0.496 e. The first-order chi connectivity index (χ1) is 13.3. The lowest BCUT2D eigenvalue weighted by molar-refractivity contribution is 0.0952. The number of ether oxygens (including phenoxy) is 3. The number of nitrogens with one attached hydrogen (secondary N) is 1. The van der Waals surface area contributed by atoms with E-state index >= 15 is 0 Å². The molecule has 0 saturated heterocycles. The van der Waals surface area contributed by atoms with Crippen LogP contribution in [0.3, 0.4) is 0 Å². The molecular weight excluding hydrogens is 492 g/mol. The first-order valence-electron chi connectivity index (χ1n) is 8.65. The molecule has 0 radical (unpaired) electrons. The highest BCUT2D eigenvalue weighted by atomic mass is 79.9. The van der Waals surface area contributed by atoms with Crippen LogP contribution in [-0.2, 0) is 0 Å². The fourth-order valence-electron chi connectivity index (χ4n) is 2.36. The molecular formula is C20H22Br2N2O4. The summed E-state index contributed by atoms with van der Waals surface area (Å²) >= 11 is 6.85. The lowest BCUT2D eigenvalue weighted by Crippen LogP contribution is -2.18. The van der Waals surface area contributed by atoms with E-state index in [9.17, 15) is 4.79 Å². The van der Waals surface area contributed by atoms with Crippen LogP contribution in [0.25, 0.3) is 0 Å². The Hall–Kier alpha value is -2.06. The van der Waals surface area contributed by atoms with E-state index in [1.165, 1.54) is 13.3 Å². The molecule has 0 aliphatic rings. The van der Waals surface area contributed by atoms with Crippen LogP contribution in [0.5, 0.6) is 17.2 Å². The number of rotatable bonds is 8. The summed E-state index contributed by atoms with van der Waals surface area (Å²) in [6, 6.07) is 8.83. The van der Waals surface area contributed by atoms with Gasteiger partial charge in [0.2, 0.25) is 0 Å². The number of nitrogens with zero attached hydrogens (tertiary/aromatic N) is 1. The van der Waals surface area contributed by atoms with Gasteiger partial charge < -0.3 is 14.2 Å². The first-order valence-corrected chi connectivity index (χ1v) is 10.2. The molecule has 1 amide bonds. The highest BCUT2D eigenvalue weighted by Gasteiger charge is 2.14. The van der Waals surface area contributed by atoms with Crippen molar-refractivity contribution >= 4 is 44.0 Å². The molecule has 0 aliphatic carbocycles. The van der Waals surface area contributed by atoms with Gasteiger partial charge in [-0.25, -0.2) is 5.43 Å². The number of hydrazone groups is 1. The zero-order valence-corrected chi connectivity index (χ0v) is 19.3. The number of carbonyl (C=O) groups is 1. The fourth-order valence-corrected chi connectivity index (χ4v) is 3.27. The molecule has 2 rings (SSSR count). The maximum absolute atomic E-state index is 12.4. The third kappa shape index (κ3) is 5.97. The van der Waals surface area contributed by atoms with Crippen LogP contribution in [0.2, 0.25) is 0 Å². The van der Waals surface area contributed by atoms with E-state index < -0.39 is 0 Å². The summed E-state index contributed by atoms with van der Waals surface area (Å²) in [7, 11) is 1.51. The van der Waals surface area contributed by atoms with Gasteiger partial charge in [0.15, 0.2) is 11.5 Å². The van der Waals surface area contributed by atoms with Gasteiger partial charge in [0.1, 0.15) is 5.75 Å². The minimum atomic E-state index is -0.377. The normalized spacial score (nSPS) is 11.0. The van der Waals surface area contributed by atoms with Crippen molar-refractivity contribution in [2.24, 2.45) is 5.10 Å². The average molecular weight is 514 g/mol. The summed E-state index contributed by atoms with van der Waals surface area (Å²) in [5.74, 6) is 1.33. The zero-order valence-electron chi connectivity index (χ0n) is 16.1. The van der Waals surface area contributed by atoms with Crippen LogP contribution < -0.4 is 19.6 Å². The maximum Gasteiger partial charge on any atom is 0.275 e. The molecule has 1 N–H and O–H groups in total.